The molecule has 0 aromatic carbocycles. The zero-order valence-electron chi connectivity index (χ0n) is 11.5. The molecule has 0 amide bonds. The van der Waals surface area contributed by atoms with Gasteiger partial charge >= 0.3 is 0 Å². The fraction of sp³-hybridized carbons (Fsp3) is 1.00. The van der Waals surface area contributed by atoms with Gasteiger partial charge in [0, 0.05) is 31.2 Å². The highest BCUT2D eigenvalue weighted by Gasteiger charge is 2.32. The Hall–Kier alpha value is 0.270. The lowest BCUT2D eigenvalue weighted by Crippen LogP contribution is -2.62. The molecule has 3 unspecified atom stereocenters. The molecular formula is C13H28N2S. The molecule has 1 N–H and O–H groups in total. The molecule has 0 bridgehead atoms. The summed E-state index contributed by atoms with van der Waals surface area (Å²) in [7, 11) is 0. The van der Waals surface area contributed by atoms with Crippen molar-refractivity contribution in [1.82, 2.24) is 10.2 Å². The molecule has 16 heavy (non-hydrogen) atoms. The Morgan fingerprint density at radius 1 is 1.56 bits per heavy atom. The number of piperazine rings is 1. The van der Waals surface area contributed by atoms with Crippen molar-refractivity contribution in [3.05, 3.63) is 0 Å². The van der Waals surface area contributed by atoms with Crippen LogP contribution >= 0.6 is 11.8 Å². The van der Waals surface area contributed by atoms with Crippen molar-refractivity contribution < 1.29 is 0 Å². The smallest absolute Gasteiger partial charge is 0.0278 e. The number of hydrogen-bond acceptors (Lipinski definition) is 3. The summed E-state index contributed by atoms with van der Waals surface area (Å²) in [6.07, 6.45) is 3.42. The summed E-state index contributed by atoms with van der Waals surface area (Å²) >= 11 is 1.96. The molecule has 1 heterocycles. The largest absolute Gasteiger partial charge is 0.309 e. The van der Waals surface area contributed by atoms with Crippen LogP contribution in [0.2, 0.25) is 0 Å². The average Bonchev–Trinajstić information content (AvgIpc) is 2.24. The first-order chi connectivity index (χ1) is 7.50. The van der Waals surface area contributed by atoms with E-state index < -0.39 is 0 Å². The Kier molecular flexibility index (Phi) is 5.62. The van der Waals surface area contributed by atoms with Crippen molar-refractivity contribution in [2.45, 2.75) is 45.7 Å². The Bertz CT molecular complexity index is 210. The number of rotatable bonds is 5. The zero-order valence-corrected chi connectivity index (χ0v) is 12.4. The number of hydrogen-bond donors (Lipinski definition) is 1. The second kappa shape index (κ2) is 6.27. The van der Waals surface area contributed by atoms with Crippen molar-refractivity contribution in [3.8, 4) is 0 Å². The van der Waals surface area contributed by atoms with Gasteiger partial charge in [-0.25, -0.2) is 0 Å². The van der Waals surface area contributed by atoms with Gasteiger partial charge in [-0.3, -0.25) is 4.90 Å². The molecule has 1 aliphatic rings. The van der Waals surface area contributed by atoms with Crippen LogP contribution in [0.1, 0.15) is 34.1 Å². The van der Waals surface area contributed by atoms with E-state index in [0.29, 0.717) is 11.6 Å². The molecule has 2 nitrogen and oxygen atoms in total. The van der Waals surface area contributed by atoms with E-state index in [1.807, 2.05) is 11.8 Å². The van der Waals surface area contributed by atoms with Gasteiger partial charge in [0.1, 0.15) is 0 Å². The molecule has 96 valence electrons. The Labute approximate surface area is 106 Å². The van der Waals surface area contributed by atoms with Crippen molar-refractivity contribution in [3.63, 3.8) is 0 Å². The van der Waals surface area contributed by atoms with E-state index in [1.165, 1.54) is 25.3 Å². The maximum absolute atomic E-state index is 3.68. The predicted octanol–water partition coefficient (Wildman–Crippen LogP) is 2.45. The average molecular weight is 244 g/mol. The summed E-state index contributed by atoms with van der Waals surface area (Å²) < 4.78 is 0. The molecule has 0 spiro atoms. The number of nitrogens with zero attached hydrogens (tertiary/aromatic N) is 1. The van der Waals surface area contributed by atoms with Gasteiger partial charge in [0.05, 0.1) is 0 Å². The lowest BCUT2D eigenvalue weighted by molar-refractivity contribution is 0.0831. The van der Waals surface area contributed by atoms with E-state index in [-0.39, 0.29) is 0 Å². The highest BCUT2D eigenvalue weighted by molar-refractivity contribution is 7.98. The Balaban J connectivity index is 2.49. The summed E-state index contributed by atoms with van der Waals surface area (Å²) in [5.41, 5.74) is 0.325. The Morgan fingerprint density at radius 3 is 2.81 bits per heavy atom. The summed E-state index contributed by atoms with van der Waals surface area (Å²) in [5, 5.41) is 3.68. The minimum atomic E-state index is 0.325. The maximum Gasteiger partial charge on any atom is 0.0278 e. The molecule has 1 saturated heterocycles. The Morgan fingerprint density at radius 2 is 2.25 bits per heavy atom. The van der Waals surface area contributed by atoms with Crippen molar-refractivity contribution in [1.29, 1.82) is 0 Å². The van der Waals surface area contributed by atoms with Crippen LogP contribution in [0.5, 0.6) is 0 Å². The molecular weight excluding hydrogens is 216 g/mol. The standard InChI is InChI=1S/C13H28N2S/c1-6-13(4)10-15(12(3)7-14-13)8-11(2)9-16-5/h11-12,14H,6-10H2,1-5H3. The normalized spacial score (nSPS) is 33.9. The SMILES string of the molecule is CCC1(C)CN(CC(C)CSC)C(C)CN1. The van der Waals surface area contributed by atoms with E-state index in [2.05, 4.69) is 44.2 Å². The van der Waals surface area contributed by atoms with Gasteiger partial charge in [-0.2, -0.15) is 11.8 Å². The van der Waals surface area contributed by atoms with Crippen molar-refractivity contribution in [2.75, 3.05) is 31.6 Å². The van der Waals surface area contributed by atoms with Gasteiger partial charge in [-0.1, -0.05) is 13.8 Å². The second-order valence-corrected chi connectivity index (χ2v) is 6.54. The zero-order chi connectivity index (χ0) is 12.2. The van der Waals surface area contributed by atoms with Crippen LogP contribution in [0.15, 0.2) is 0 Å². The first-order valence-corrected chi connectivity index (χ1v) is 7.88. The maximum atomic E-state index is 3.68. The molecule has 0 radical (unpaired) electrons. The summed E-state index contributed by atoms with van der Waals surface area (Å²) in [6.45, 7) is 12.9. The minimum Gasteiger partial charge on any atom is -0.309 e. The topological polar surface area (TPSA) is 15.3 Å². The van der Waals surface area contributed by atoms with Crippen LogP contribution in [0.4, 0.5) is 0 Å². The van der Waals surface area contributed by atoms with Crippen molar-refractivity contribution in [2.24, 2.45) is 5.92 Å². The van der Waals surface area contributed by atoms with Crippen LogP contribution in [-0.2, 0) is 0 Å². The molecule has 1 rings (SSSR count). The molecule has 3 atom stereocenters. The van der Waals surface area contributed by atoms with Crippen LogP contribution in [0.3, 0.4) is 0 Å². The fourth-order valence-corrected chi connectivity index (χ4v) is 3.08. The molecule has 1 fully saturated rings. The van der Waals surface area contributed by atoms with Gasteiger partial charge < -0.3 is 5.32 Å². The van der Waals surface area contributed by atoms with E-state index >= 15 is 0 Å². The van der Waals surface area contributed by atoms with Crippen LogP contribution in [-0.4, -0.2) is 48.1 Å². The third-order valence-electron chi connectivity index (χ3n) is 3.78. The van der Waals surface area contributed by atoms with E-state index in [0.717, 1.165) is 12.5 Å². The first-order valence-electron chi connectivity index (χ1n) is 6.48. The summed E-state index contributed by atoms with van der Waals surface area (Å²) in [4.78, 5) is 2.67. The van der Waals surface area contributed by atoms with Gasteiger partial charge in [-0.15, -0.1) is 0 Å². The quantitative estimate of drug-likeness (QED) is 0.800. The number of nitrogens with one attached hydrogen (secondary N) is 1. The lowest BCUT2D eigenvalue weighted by atomic mass is 9.93. The van der Waals surface area contributed by atoms with Gasteiger partial charge in [0.2, 0.25) is 0 Å². The molecule has 0 aliphatic carbocycles. The highest BCUT2D eigenvalue weighted by Crippen LogP contribution is 2.20. The molecule has 3 heteroatoms. The van der Waals surface area contributed by atoms with Gasteiger partial charge in [0.25, 0.3) is 0 Å². The van der Waals surface area contributed by atoms with Gasteiger partial charge in [-0.05, 0) is 38.2 Å². The van der Waals surface area contributed by atoms with Gasteiger partial charge in [0.15, 0.2) is 0 Å². The van der Waals surface area contributed by atoms with E-state index in [1.54, 1.807) is 0 Å². The second-order valence-electron chi connectivity index (χ2n) is 5.63. The highest BCUT2D eigenvalue weighted by atomic mass is 32.2. The first kappa shape index (κ1) is 14.3. The minimum absolute atomic E-state index is 0.325. The molecule has 1 aliphatic heterocycles. The third kappa shape index (κ3) is 3.94. The molecule has 0 saturated carbocycles. The van der Waals surface area contributed by atoms with Crippen molar-refractivity contribution >= 4 is 11.8 Å². The van der Waals surface area contributed by atoms with Crippen LogP contribution in [0.25, 0.3) is 0 Å². The predicted molar refractivity (Wildman–Crippen MR) is 75.3 cm³/mol. The third-order valence-corrected chi connectivity index (χ3v) is 4.68. The molecule has 0 aromatic rings. The summed E-state index contributed by atoms with van der Waals surface area (Å²) in [5.74, 6) is 2.08. The van der Waals surface area contributed by atoms with Crippen LogP contribution in [0, 0.1) is 5.92 Å². The van der Waals surface area contributed by atoms with Crippen LogP contribution < -0.4 is 5.32 Å². The fourth-order valence-electron chi connectivity index (χ4n) is 2.40. The monoisotopic (exact) mass is 244 g/mol. The number of thioether (sulfide) groups is 1. The van der Waals surface area contributed by atoms with E-state index in [4.69, 9.17) is 0 Å². The lowest BCUT2D eigenvalue weighted by Gasteiger charge is -2.45. The molecule has 0 aromatic heterocycles. The summed E-state index contributed by atoms with van der Waals surface area (Å²) in [6, 6.07) is 0.684. The van der Waals surface area contributed by atoms with E-state index in [9.17, 15) is 0 Å².